The SMILES string of the molecule is CCC(C)NC(=O)C1CCN(Cc2cccc(OC)c2)CC1. The molecular formula is C18H28N2O2. The minimum atomic E-state index is 0.176. The number of carbonyl (C=O) groups excluding carboxylic acids is 1. The molecule has 0 radical (unpaired) electrons. The molecule has 4 heteroatoms. The molecule has 1 fully saturated rings. The number of amides is 1. The molecular weight excluding hydrogens is 276 g/mol. The maximum absolute atomic E-state index is 12.2. The summed E-state index contributed by atoms with van der Waals surface area (Å²) in [5.74, 6) is 1.31. The third kappa shape index (κ3) is 4.73. The van der Waals surface area contributed by atoms with E-state index in [1.54, 1.807) is 7.11 Å². The number of likely N-dealkylation sites (tertiary alicyclic amines) is 1. The van der Waals surface area contributed by atoms with Crippen molar-refractivity contribution in [1.29, 1.82) is 0 Å². The van der Waals surface area contributed by atoms with Gasteiger partial charge in [-0.25, -0.2) is 0 Å². The first-order chi connectivity index (χ1) is 10.6. The minimum absolute atomic E-state index is 0.176. The molecule has 1 aliphatic heterocycles. The van der Waals surface area contributed by atoms with Crippen LogP contribution < -0.4 is 10.1 Å². The molecule has 0 saturated carbocycles. The van der Waals surface area contributed by atoms with Gasteiger partial charge in [-0.05, 0) is 57.0 Å². The Kier molecular flexibility index (Phi) is 6.25. The first-order valence-corrected chi connectivity index (χ1v) is 8.28. The molecule has 1 heterocycles. The average Bonchev–Trinajstić information content (AvgIpc) is 2.55. The number of benzene rings is 1. The number of carbonyl (C=O) groups is 1. The van der Waals surface area contributed by atoms with Crippen molar-refractivity contribution in [3.05, 3.63) is 29.8 Å². The molecule has 0 bridgehead atoms. The van der Waals surface area contributed by atoms with Crippen molar-refractivity contribution in [2.45, 2.75) is 45.7 Å². The number of nitrogens with one attached hydrogen (secondary N) is 1. The second-order valence-corrected chi connectivity index (χ2v) is 6.22. The van der Waals surface area contributed by atoms with Crippen molar-refractivity contribution >= 4 is 5.91 Å². The van der Waals surface area contributed by atoms with Crippen LogP contribution in [0.15, 0.2) is 24.3 Å². The first kappa shape index (κ1) is 16.8. The Balaban J connectivity index is 1.80. The van der Waals surface area contributed by atoms with Gasteiger partial charge in [0.05, 0.1) is 7.11 Å². The summed E-state index contributed by atoms with van der Waals surface area (Å²) in [7, 11) is 1.69. The van der Waals surface area contributed by atoms with Gasteiger partial charge in [0, 0.05) is 18.5 Å². The van der Waals surface area contributed by atoms with Gasteiger partial charge in [0.2, 0.25) is 5.91 Å². The molecule has 22 heavy (non-hydrogen) atoms. The van der Waals surface area contributed by atoms with Crippen LogP contribution in [0.5, 0.6) is 5.75 Å². The fraction of sp³-hybridized carbons (Fsp3) is 0.611. The van der Waals surface area contributed by atoms with Crippen molar-refractivity contribution in [2.24, 2.45) is 5.92 Å². The average molecular weight is 304 g/mol. The topological polar surface area (TPSA) is 41.6 Å². The first-order valence-electron chi connectivity index (χ1n) is 8.28. The van der Waals surface area contributed by atoms with E-state index in [2.05, 4.69) is 36.2 Å². The predicted molar refractivity (Wildman–Crippen MR) is 88.9 cm³/mol. The van der Waals surface area contributed by atoms with Gasteiger partial charge in [-0.3, -0.25) is 9.69 Å². The maximum Gasteiger partial charge on any atom is 0.223 e. The van der Waals surface area contributed by atoms with E-state index in [9.17, 15) is 4.79 Å². The number of piperidine rings is 1. The zero-order chi connectivity index (χ0) is 15.9. The smallest absolute Gasteiger partial charge is 0.223 e. The van der Waals surface area contributed by atoms with Crippen LogP contribution in [-0.4, -0.2) is 37.0 Å². The highest BCUT2D eigenvalue weighted by molar-refractivity contribution is 5.79. The van der Waals surface area contributed by atoms with Crippen LogP contribution in [0.25, 0.3) is 0 Å². The van der Waals surface area contributed by atoms with E-state index in [4.69, 9.17) is 4.74 Å². The van der Waals surface area contributed by atoms with E-state index in [0.29, 0.717) is 0 Å². The molecule has 0 spiro atoms. The van der Waals surface area contributed by atoms with Crippen LogP contribution in [-0.2, 0) is 11.3 Å². The molecule has 4 nitrogen and oxygen atoms in total. The fourth-order valence-corrected chi connectivity index (χ4v) is 2.85. The number of ether oxygens (including phenoxy) is 1. The number of methoxy groups -OCH3 is 1. The molecule has 1 unspecified atom stereocenters. The lowest BCUT2D eigenvalue weighted by atomic mass is 9.95. The Bertz CT molecular complexity index is 482. The summed E-state index contributed by atoms with van der Waals surface area (Å²) in [6.07, 6.45) is 2.89. The molecule has 1 saturated heterocycles. The molecule has 1 aliphatic rings. The summed E-state index contributed by atoms with van der Waals surface area (Å²) in [5, 5.41) is 3.10. The lowest BCUT2D eigenvalue weighted by Gasteiger charge is -2.31. The van der Waals surface area contributed by atoms with Crippen LogP contribution in [0.2, 0.25) is 0 Å². The zero-order valence-electron chi connectivity index (χ0n) is 14.0. The standard InChI is InChI=1S/C18H28N2O2/c1-4-14(2)19-18(21)16-8-10-20(11-9-16)13-15-6-5-7-17(12-15)22-3/h5-7,12,14,16H,4,8-11,13H2,1-3H3,(H,19,21). The Morgan fingerprint density at radius 2 is 2.14 bits per heavy atom. The monoisotopic (exact) mass is 304 g/mol. The van der Waals surface area contributed by atoms with Crippen molar-refractivity contribution in [1.82, 2.24) is 10.2 Å². The van der Waals surface area contributed by atoms with Crippen LogP contribution in [0.4, 0.5) is 0 Å². The molecule has 122 valence electrons. The summed E-state index contributed by atoms with van der Waals surface area (Å²) in [6.45, 7) is 7.06. The maximum atomic E-state index is 12.2. The van der Waals surface area contributed by atoms with Crippen molar-refractivity contribution in [3.63, 3.8) is 0 Å². The Morgan fingerprint density at radius 3 is 2.77 bits per heavy atom. The highest BCUT2D eigenvalue weighted by Gasteiger charge is 2.25. The van der Waals surface area contributed by atoms with E-state index < -0.39 is 0 Å². The third-order valence-corrected chi connectivity index (χ3v) is 4.50. The van der Waals surface area contributed by atoms with Crippen LogP contribution in [0.3, 0.4) is 0 Å². The number of hydrogen-bond donors (Lipinski definition) is 1. The van der Waals surface area contributed by atoms with E-state index in [0.717, 1.165) is 44.6 Å². The molecule has 0 aliphatic carbocycles. The summed E-state index contributed by atoms with van der Waals surface area (Å²) in [5.41, 5.74) is 1.27. The Morgan fingerprint density at radius 1 is 1.41 bits per heavy atom. The van der Waals surface area contributed by atoms with Gasteiger partial charge in [0.15, 0.2) is 0 Å². The number of nitrogens with zero attached hydrogens (tertiary/aromatic N) is 1. The van der Waals surface area contributed by atoms with E-state index >= 15 is 0 Å². The van der Waals surface area contributed by atoms with Gasteiger partial charge in [-0.2, -0.15) is 0 Å². The Hall–Kier alpha value is -1.55. The molecule has 1 atom stereocenters. The summed E-state index contributed by atoms with van der Waals surface area (Å²) >= 11 is 0. The van der Waals surface area contributed by atoms with Crippen molar-refractivity contribution in [3.8, 4) is 5.75 Å². The van der Waals surface area contributed by atoms with Gasteiger partial charge in [0.1, 0.15) is 5.75 Å². The van der Waals surface area contributed by atoms with Gasteiger partial charge in [-0.15, -0.1) is 0 Å². The van der Waals surface area contributed by atoms with Crippen LogP contribution in [0.1, 0.15) is 38.7 Å². The normalized spacial score (nSPS) is 18.0. The quantitative estimate of drug-likeness (QED) is 0.878. The van der Waals surface area contributed by atoms with Gasteiger partial charge in [0.25, 0.3) is 0 Å². The lowest BCUT2D eigenvalue weighted by molar-refractivity contribution is -0.127. The second-order valence-electron chi connectivity index (χ2n) is 6.22. The summed E-state index contributed by atoms with van der Waals surface area (Å²) < 4.78 is 5.27. The van der Waals surface area contributed by atoms with Gasteiger partial charge in [-0.1, -0.05) is 19.1 Å². The van der Waals surface area contributed by atoms with E-state index in [1.165, 1.54) is 5.56 Å². The summed E-state index contributed by atoms with van der Waals surface area (Å²) in [4.78, 5) is 14.6. The highest BCUT2D eigenvalue weighted by atomic mass is 16.5. The molecule has 1 N–H and O–H groups in total. The third-order valence-electron chi connectivity index (χ3n) is 4.50. The van der Waals surface area contributed by atoms with Crippen molar-refractivity contribution in [2.75, 3.05) is 20.2 Å². The molecule has 1 aromatic rings. The molecule has 1 aromatic carbocycles. The molecule has 1 amide bonds. The minimum Gasteiger partial charge on any atom is -0.497 e. The predicted octanol–water partition coefficient (Wildman–Crippen LogP) is 2.82. The van der Waals surface area contributed by atoms with Crippen LogP contribution >= 0.6 is 0 Å². The molecule has 2 rings (SSSR count). The van der Waals surface area contributed by atoms with Gasteiger partial charge < -0.3 is 10.1 Å². The van der Waals surface area contributed by atoms with Crippen LogP contribution in [0, 0.1) is 5.92 Å². The number of hydrogen-bond acceptors (Lipinski definition) is 3. The number of rotatable bonds is 6. The summed E-state index contributed by atoms with van der Waals surface area (Å²) in [6, 6.07) is 8.49. The highest BCUT2D eigenvalue weighted by Crippen LogP contribution is 2.21. The Labute approximate surface area is 133 Å². The van der Waals surface area contributed by atoms with Crippen molar-refractivity contribution < 1.29 is 9.53 Å². The largest absolute Gasteiger partial charge is 0.497 e. The van der Waals surface area contributed by atoms with Gasteiger partial charge >= 0.3 is 0 Å². The zero-order valence-corrected chi connectivity index (χ0v) is 14.0. The lowest BCUT2D eigenvalue weighted by Crippen LogP contribution is -2.42. The second kappa shape index (κ2) is 8.18. The van der Waals surface area contributed by atoms with E-state index in [1.807, 2.05) is 12.1 Å². The van der Waals surface area contributed by atoms with E-state index in [-0.39, 0.29) is 17.9 Å². The fourth-order valence-electron chi connectivity index (χ4n) is 2.85. The molecule has 0 aromatic heterocycles.